The number of carbonyl (C=O) groups is 1. The first kappa shape index (κ1) is 24.0. The van der Waals surface area contributed by atoms with E-state index < -0.39 is 0 Å². The van der Waals surface area contributed by atoms with Crippen LogP contribution in [-0.4, -0.2) is 36.5 Å². The van der Waals surface area contributed by atoms with E-state index >= 15 is 0 Å². The molecule has 162 valence electrons. The third-order valence-corrected chi connectivity index (χ3v) is 5.25. The van der Waals surface area contributed by atoms with Crippen LogP contribution in [0.2, 0.25) is 5.02 Å². The third-order valence-electron chi connectivity index (χ3n) is 5.01. The second kappa shape index (κ2) is 11.8. The summed E-state index contributed by atoms with van der Waals surface area (Å²) in [4.78, 5) is 14.8. The molecule has 0 unspecified atom stereocenters. The third kappa shape index (κ3) is 7.51. The Kier molecular flexibility index (Phi) is 9.41. The summed E-state index contributed by atoms with van der Waals surface area (Å²) in [5.74, 6) is 0.667. The van der Waals surface area contributed by atoms with Gasteiger partial charge < -0.3 is 10.1 Å². The van der Waals surface area contributed by atoms with Crippen molar-refractivity contribution in [3.63, 3.8) is 0 Å². The number of nitrogens with one attached hydrogen (secondary N) is 1. The highest BCUT2D eigenvalue weighted by atomic mass is 35.5. The standard InChI is InChI=1S/C25H33ClN2O2/c1-18(2)28(19(3)4)15-7-9-21-17-23(12-13-24(21)30-5)27-25(29)14-11-20-8-6-10-22(26)16-20/h6,8,10-14,16-19H,7,9,15H2,1-5H3,(H,27,29)/b14-11+. The molecule has 0 aliphatic rings. The number of benzene rings is 2. The van der Waals surface area contributed by atoms with Crippen LogP contribution in [0.25, 0.3) is 6.08 Å². The van der Waals surface area contributed by atoms with E-state index in [4.69, 9.17) is 16.3 Å². The van der Waals surface area contributed by atoms with Crippen molar-refractivity contribution in [2.45, 2.75) is 52.6 Å². The number of anilines is 1. The Labute approximate surface area is 185 Å². The van der Waals surface area contributed by atoms with Crippen LogP contribution in [0.15, 0.2) is 48.5 Å². The van der Waals surface area contributed by atoms with Gasteiger partial charge in [-0.15, -0.1) is 0 Å². The van der Waals surface area contributed by atoms with E-state index in [-0.39, 0.29) is 5.91 Å². The summed E-state index contributed by atoms with van der Waals surface area (Å²) in [5.41, 5.74) is 2.74. The molecule has 0 radical (unpaired) electrons. The quantitative estimate of drug-likeness (QED) is 0.468. The SMILES string of the molecule is COc1ccc(NC(=O)/C=C/c2cccc(Cl)c2)cc1CCCN(C(C)C)C(C)C. The number of carbonyl (C=O) groups excluding carboxylic acids is 1. The lowest BCUT2D eigenvalue weighted by molar-refractivity contribution is -0.111. The molecule has 1 amide bonds. The van der Waals surface area contributed by atoms with Gasteiger partial charge in [-0.05, 0) is 94.6 Å². The summed E-state index contributed by atoms with van der Waals surface area (Å²) in [6.07, 6.45) is 5.18. The minimum absolute atomic E-state index is 0.183. The van der Waals surface area contributed by atoms with Crippen molar-refractivity contribution < 1.29 is 9.53 Å². The number of nitrogens with zero attached hydrogens (tertiary/aromatic N) is 1. The molecule has 0 spiro atoms. The second-order valence-electron chi connectivity index (χ2n) is 7.93. The first-order chi connectivity index (χ1) is 14.3. The molecule has 1 N–H and O–H groups in total. The molecule has 0 bridgehead atoms. The lowest BCUT2D eigenvalue weighted by Crippen LogP contribution is -2.37. The predicted molar refractivity (Wildman–Crippen MR) is 127 cm³/mol. The van der Waals surface area contributed by atoms with Crippen molar-refractivity contribution >= 4 is 29.3 Å². The lowest BCUT2D eigenvalue weighted by atomic mass is 10.1. The maximum atomic E-state index is 12.3. The van der Waals surface area contributed by atoms with Crippen molar-refractivity contribution in [1.82, 2.24) is 4.90 Å². The lowest BCUT2D eigenvalue weighted by Gasteiger charge is -2.30. The number of halogens is 1. The van der Waals surface area contributed by atoms with Gasteiger partial charge in [0.1, 0.15) is 5.75 Å². The van der Waals surface area contributed by atoms with Crippen molar-refractivity contribution in [1.29, 1.82) is 0 Å². The first-order valence-corrected chi connectivity index (χ1v) is 10.8. The van der Waals surface area contributed by atoms with Gasteiger partial charge >= 0.3 is 0 Å². The van der Waals surface area contributed by atoms with E-state index in [2.05, 4.69) is 37.9 Å². The monoisotopic (exact) mass is 428 g/mol. The molecular formula is C25H33ClN2O2. The molecule has 0 saturated heterocycles. The fourth-order valence-electron chi connectivity index (χ4n) is 3.58. The average molecular weight is 429 g/mol. The van der Waals surface area contributed by atoms with Crippen LogP contribution in [0, 0.1) is 0 Å². The van der Waals surface area contributed by atoms with E-state index in [1.807, 2.05) is 36.4 Å². The zero-order valence-electron chi connectivity index (χ0n) is 18.6. The largest absolute Gasteiger partial charge is 0.496 e. The Morgan fingerprint density at radius 3 is 2.50 bits per heavy atom. The summed E-state index contributed by atoms with van der Waals surface area (Å²) in [5, 5.41) is 3.57. The van der Waals surface area contributed by atoms with Gasteiger partial charge in [0.15, 0.2) is 0 Å². The van der Waals surface area contributed by atoms with Crippen LogP contribution in [-0.2, 0) is 11.2 Å². The highest BCUT2D eigenvalue weighted by Gasteiger charge is 2.13. The average Bonchev–Trinajstić information content (AvgIpc) is 2.69. The Morgan fingerprint density at radius 2 is 1.87 bits per heavy atom. The Balaban J connectivity index is 2.01. The Morgan fingerprint density at radius 1 is 1.13 bits per heavy atom. The summed E-state index contributed by atoms with van der Waals surface area (Å²) in [6, 6.07) is 14.2. The molecule has 0 aromatic heterocycles. The maximum absolute atomic E-state index is 12.3. The fourth-order valence-corrected chi connectivity index (χ4v) is 3.78. The molecule has 2 rings (SSSR count). The molecule has 5 heteroatoms. The zero-order chi connectivity index (χ0) is 22.1. The normalized spacial score (nSPS) is 11.6. The van der Waals surface area contributed by atoms with Crippen LogP contribution >= 0.6 is 11.6 Å². The van der Waals surface area contributed by atoms with Crippen LogP contribution in [0.1, 0.15) is 45.2 Å². The van der Waals surface area contributed by atoms with E-state index in [1.165, 1.54) is 6.08 Å². The highest BCUT2D eigenvalue weighted by Crippen LogP contribution is 2.24. The second-order valence-corrected chi connectivity index (χ2v) is 8.37. The van der Waals surface area contributed by atoms with Crippen molar-refractivity contribution in [3.05, 3.63) is 64.7 Å². The number of hydrogen-bond donors (Lipinski definition) is 1. The van der Waals surface area contributed by atoms with Crippen LogP contribution in [0.4, 0.5) is 5.69 Å². The molecule has 0 atom stereocenters. The number of ether oxygens (including phenoxy) is 1. The maximum Gasteiger partial charge on any atom is 0.248 e. The van der Waals surface area contributed by atoms with Gasteiger partial charge in [0, 0.05) is 28.9 Å². The van der Waals surface area contributed by atoms with Crippen LogP contribution in [0.3, 0.4) is 0 Å². The minimum atomic E-state index is -0.183. The summed E-state index contributed by atoms with van der Waals surface area (Å²) < 4.78 is 5.52. The van der Waals surface area contributed by atoms with Crippen LogP contribution < -0.4 is 10.1 Å². The molecule has 0 aliphatic carbocycles. The van der Waals surface area contributed by atoms with Gasteiger partial charge in [-0.3, -0.25) is 9.69 Å². The molecule has 0 heterocycles. The van der Waals surface area contributed by atoms with Gasteiger partial charge in [-0.1, -0.05) is 23.7 Å². The van der Waals surface area contributed by atoms with Gasteiger partial charge in [0.2, 0.25) is 5.91 Å². The number of aryl methyl sites for hydroxylation is 1. The Bertz CT molecular complexity index is 854. The number of rotatable bonds is 10. The predicted octanol–water partition coefficient (Wildman–Crippen LogP) is 6.05. The molecule has 4 nitrogen and oxygen atoms in total. The molecule has 0 fully saturated rings. The van der Waals surface area contributed by atoms with Gasteiger partial charge in [0.05, 0.1) is 7.11 Å². The topological polar surface area (TPSA) is 41.6 Å². The van der Waals surface area contributed by atoms with Crippen LogP contribution in [0.5, 0.6) is 5.75 Å². The fraction of sp³-hybridized carbons (Fsp3) is 0.400. The smallest absolute Gasteiger partial charge is 0.248 e. The van der Waals surface area contributed by atoms with Crippen molar-refractivity contribution in [2.24, 2.45) is 0 Å². The van der Waals surface area contributed by atoms with Gasteiger partial charge in [0.25, 0.3) is 0 Å². The molecule has 0 aliphatic heterocycles. The van der Waals surface area contributed by atoms with E-state index in [0.717, 1.165) is 42.0 Å². The van der Waals surface area contributed by atoms with E-state index in [0.29, 0.717) is 17.1 Å². The summed E-state index contributed by atoms with van der Waals surface area (Å²) >= 11 is 5.98. The molecule has 2 aromatic carbocycles. The molecule has 30 heavy (non-hydrogen) atoms. The summed E-state index contributed by atoms with van der Waals surface area (Å²) in [7, 11) is 1.68. The van der Waals surface area contributed by atoms with Crippen molar-refractivity contribution in [3.8, 4) is 5.75 Å². The highest BCUT2D eigenvalue weighted by molar-refractivity contribution is 6.30. The first-order valence-electron chi connectivity index (χ1n) is 10.5. The molecule has 2 aromatic rings. The summed E-state index contributed by atoms with van der Waals surface area (Å²) in [6.45, 7) is 9.94. The number of methoxy groups -OCH3 is 1. The molecular weight excluding hydrogens is 396 g/mol. The molecule has 0 saturated carbocycles. The number of amides is 1. The Hall–Kier alpha value is -2.30. The van der Waals surface area contributed by atoms with Crippen molar-refractivity contribution in [2.75, 3.05) is 19.0 Å². The number of hydrogen-bond acceptors (Lipinski definition) is 3. The van der Waals surface area contributed by atoms with E-state index in [9.17, 15) is 4.79 Å². The minimum Gasteiger partial charge on any atom is -0.496 e. The van der Waals surface area contributed by atoms with Gasteiger partial charge in [-0.25, -0.2) is 0 Å². The zero-order valence-corrected chi connectivity index (χ0v) is 19.4. The van der Waals surface area contributed by atoms with E-state index in [1.54, 1.807) is 19.3 Å². The van der Waals surface area contributed by atoms with Gasteiger partial charge in [-0.2, -0.15) is 0 Å².